The summed E-state index contributed by atoms with van der Waals surface area (Å²) in [5, 5.41) is 2.88. The van der Waals surface area contributed by atoms with E-state index >= 15 is 0 Å². The summed E-state index contributed by atoms with van der Waals surface area (Å²) in [6.07, 6.45) is 0.383. The van der Waals surface area contributed by atoms with Gasteiger partial charge in [-0.05, 0) is 25.6 Å². The number of hydrogen-bond acceptors (Lipinski definition) is 2. The molecule has 0 saturated carbocycles. The van der Waals surface area contributed by atoms with Crippen molar-refractivity contribution in [1.29, 1.82) is 0 Å². The predicted molar refractivity (Wildman–Crippen MR) is 63.6 cm³/mol. The fourth-order valence-corrected chi connectivity index (χ4v) is 1.09. The number of rotatable bonds is 6. The highest BCUT2D eigenvalue weighted by Crippen LogP contribution is 2.08. The Hall–Kier alpha value is -0.320. The molecule has 0 bridgehead atoms. The molecule has 0 fully saturated rings. The minimum absolute atomic E-state index is 0.0293. The van der Waals surface area contributed by atoms with Crippen LogP contribution in [0.25, 0.3) is 0 Å². The molecule has 0 aliphatic rings. The number of hydrogen-bond donors (Lipinski definition) is 2. The van der Waals surface area contributed by atoms with Crippen molar-refractivity contribution in [2.45, 2.75) is 25.8 Å². The van der Waals surface area contributed by atoms with E-state index in [1.807, 2.05) is 13.8 Å². The molecule has 0 aliphatic heterocycles. The Morgan fingerprint density at radius 2 is 1.87 bits per heavy atom. The van der Waals surface area contributed by atoms with Gasteiger partial charge in [0.15, 0.2) is 0 Å². The second-order valence-corrected chi connectivity index (χ2v) is 5.71. The Morgan fingerprint density at radius 3 is 2.27 bits per heavy atom. The van der Waals surface area contributed by atoms with Crippen molar-refractivity contribution in [3.05, 3.63) is 0 Å². The van der Waals surface area contributed by atoms with Gasteiger partial charge in [-0.3, -0.25) is 4.79 Å². The van der Waals surface area contributed by atoms with Gasteiger partial charge in [0.05, 0.1) is 34.2 Å². The molecule has 90 valence electrons. The van der Waals surface area contributed by atoms with Gasteiger partial charge in [0.2, 0.25) is 5.91 Å². The molecule has 4 nitrogen and oxygen atoms in total. The van der Waals surface area contributed by atoms with Crippen LogP contribution in [0, 0.1) is 0 Å². The van der Waals surface area contributed by atoms with E-state index in [1.54, 1.807) is 0 Å². The number of carbonyl (C=O) groups excluding carboxylic acids is 1. The van der Waals surface area contributed by atoms with Gasteiger partial charge < -0.3 is 9.80 Å². The first kappa shape index (κ1) is 14.7. The molecule has 0 atom stereocenters. The van der Waals surface area contributed by atoms with Crippen molar-refractivity contribution in [1.82, 2.24) is 10.2 Å². The number of likely N-dealkylation sites (N-methyl/N-ethyl adjacent to an activating group) is 1. The van der Waals surface area contributed by atoms with Gasteiger partial charge in [0.1, 0.15) is 0 Å². The third kappa shape index (κ3) is 8.66. The zero-order valence-electron chi connectivity index (χ0n) is 10.4. The fraction of sp³-hybridized carbons (Fsp3) is 0.900. The number of quaternary nitrogens is 1. The Kier molecular flexibility index (Phi) is 5.56. The Balaban J connectivity index is 3.77. The molecule has 1 amide bonds. The van der Waals surface area contributed by atoms with Crippen molar-refractivity contribution in [3.8, 4) is 0 Å². The van der Waals surface area contributed by atoms with E-state index in [-0.39, 0.29) is 11.4 Å². The van der Waals surface area contributed by atoms with Crippen molar-refractivity contribution in [2.24, 2.45) is 0 Å². The molecule has 5 heteroatoms. The number of nitrogens with one attached hydrogen (secondary N) is 2. The maximum atomic E-state index is 11.5. The summed E-state index contributed by atoms with van der Waals surface area (Å²) in [4.78, 5) is 14.1. The second kappa shape index (κ2) is 5.68. The van der Waals surface area contributed by atoms with Crippen LogP contribution in [0.15, 0.2) is 0 Å². The zero-order chi connectivity index (χ0) is 12.1. The van der Waals surface area contributed by atoms with E-state index in [9.17, 15) is 4.79 Å². The standard InChI is InChI=1S/C10H22ClN3O/c1-10(2,13-11)8-9(15)12-6-7-14(3,4)5/h13H,6-8H2,1-5H3/p+1. The van der Waals surface area contributed by atoms with Crippen LogP contribution >= 0.6 is 11.8 Å². The molecule has 2 N–H and O–H groups in total. The maximum absolute atomic E-state index is 11.5. The van der Waals surface area contributed by atoms with Crippen LogP contribution in [0.5, 0.6) is 0 Å². The minimum atomic E-state index is -0.359. The van der Waals surface area contributed by atoms with Crippen molar-refractivity contribution in [2.75, 3.05) is 34.2 Å². The van der Waals surface area contributed by atoms with Gasteiger partial charge in [-0.2, -0.15) is 0 Å². The van der Waals surface area contributed by atoms with Gasteiger partial charge in [-0.1, -0.05) is 0 Å². The summed E-state index contributed by atoms with van der Waals surface area (Å²) in [5.74, 6) is 0.0293. The zero-order valence-corrected chi connectivity index (χ0v) is 11.1. The van der Waals surface area contributed by atoms with E-state index in [2.05, 4.69) is 31.3 Å². The lowest BCUT2D eigenvalue weighted by molar-refractivity contribution is -0.869. The van der Waals surface area contributed by atoms with Gasteiger partial charge >= 0.3 is 0 Å². The maximum Gasteiger partial charge on any atom is 0.222 e. The van der Waals surface area contributed by atoms with E-state index in [4.69, 9.17) is 11.8 Å². The quantitative estimate of drug-likeness (QED) is 0.527. The molecule has 0 aromatic carbocycles. The van der Waals surface area contributed by atoms with E-state index < -0.39 is 0 Å². The minimum Gasteiger partial charge on any atom is -0.350 e. The smallest absolute Gasteiger partial charge is 0.222 e. The molecule has 0 heterocycles. The third-order valence-corrected chi connectivity index (χ3v) is 2.47. The Morgan fingerprint density at radius 1 is 1.33 bits per heavy atom. The van der Waals surface area contributed by atoms with Crippen LogP contribution in [0.4, 0.5) is 0 Å². The molecular weight excluding hydrogens is 214 g/mol. The summed E-state index contributed by atoms with van der Waals surface area (Å²) < 4.78 is 0.845. The molecule has 0 aromatic heterocycles. The molecule has 0 radical (unpaired) electrons. The highest BCUT2D eigenvalue weighted by Gasteiger charge is 2.20. The van der Waals surface area contributed by atoms with Crippen molar-refractivity contribution < 1.29 is 9.28 Å². The van der Waals surface area contributed by atoms with Gasteiger partial charge in [0, 0.05) is 12.0 Å². The fourth-order valence-electron chi connectivity index (χ4n) is 1.03. The highest BCUT2D eigenvalue weighted by molar-refractivity contribution is 6.14. The first-order valence-electron chi connectivity index (χ1n) is 5.11. The summed E-state index contributed by atoms with van der Waals surface area (Å²) in [6.45, 7) is 5.39. The summed E-state index contributed by atoms with van der Waals surface area (Å²) in [7, 11) is 6.28. The highest BCUT2D eigenvalue weighted by atomic mass is 35.5. The monoisotopic (exact) mass is 236 g/mol. The SMILES string of the molecule is CC(C)(CC(=O)NCC[N+](C)(C)C)NCl. The van der Waals surface area contributed by atoms with Gasteiger partial charge in [-0.25, -0.2) is 4.84 Å². The molecule has 0 rings (SSSR count). The Labute approximate surface area is 97.7 Å². The third-order valence-electron chi connectivity index (χ3n) is 1.96. The summed E-state index contributed by atoms with van der Waals surface area (Å²) in [5.41, 5.74) is -0.359. The van der Waals surface area contributed by atoms with E-state index in [0.29, 0.717) is 13.0 Å². The number of amides is 1. The average Bonchev–Trinajstić information content (AvgIpc) is 2.00. The molecular formula is C10H23ClN3O+. The lowest BCUT2D eigenvalue weighted by Gasteiger charge is -2.25. The first-order chi connectivity index (χ1) is 6.66. The van der Waals surface area contributed by atoms with Crippen LogP contribution < -0.4 is 10.2 Å². The second-order valence-electron chi connectivity index (χ2n) is 5.52. The van der Waals surface area contributed by atoms with Crippen LogP contribution in [0.1, 0.15) is 20.3 Å². The van der Waals surface area contributed by atoms with Crippen LogP contribution in [0.3, 0.4) is 0 Å². The van der Waals surface area contributed by atoms with Crippen LogP contribution in [-0.4, -0.2) is 50.2 Å². The summed E-state index contributed by atoms with van der Waals surface area (Å²) >= 11 is 5.51. The van der Waals surface area contributed by atoms with Crippen LogP contribution in [0.2, 0.25) is 0 Å². The summed E-state index contributed by atoms with van der Waals surface area (Å²) in [6, 6.07) is 0. The lowest BCUT2D eigenvalue weighted by Crippen LogP contribution is -2.44. The lowest BCUT2D eigenvalue weighted by atomic mass is 10.0. The Bertz CT molecular complexity index is 211. The normalized spacial score (nSPS) is 12.7. The molecule has 0 spiro atoms. The van der Waals surface area contributed by atoms with E-state index in [1.165, 1.54) is 0 Å². The number of carbonyl (C=O) groups is 1. The average molecular weight is 237 g/mol. The number of halogens is 1. The van der Waals surface area contributed by atoms with Gasteiger partial charge in [0.25, 0.3) is 0 Å². The van der Waals surface area contributed by atoms with Crippen molar-refractivity contribution in [3.63, 3.8) is 0 Å². The topological polar surface area (TPSA) is 41.1 Å². The van der Waals surface area contributed by atoms with Crippen molar-refractivity contribution >= 4 is 17.7 Å². The molecule has 0 aromatic rings. The molecule has 15 heavy (non-hydrogen) atoms. The van der Waals surface area contributed by atoms with E-state index in [0.717, 1.165) is 11.0 Å². The molecule has 0 aliphatic carbocycles. The molecule has 0 unspecified atom stereocenters. The molecule has 0 saturated heterocycles. The van der Waals surface area contributed by atoms with Gasteiger partial charge in [-0.15, -0.1) is 0 Å². The predicted octanol–water partition coefficient (Wildman–Crippen LogP) is 0.721. The number of nitrogens with zero attached hydrogens (tertiary/aromatic N) is 1. The van der Waals surface area contributed by atoms with Crippen LogP contribution in [-0.2, 0) is 4.79 Å². The first-order valence-corrected chi connectivity index (χ1v) is 5.49. The largest absolute Gasteiger partial charge is 0.350 e.